The first-order valence-electron chi connectivity index (χ1n) is 9.27. The Hall–Kier alpha value is -2.44. The van der Waals surface area contributed by atoms with E-state index >= 15 is 0 Å². The van der Waals surface area contributed by atoms with Crippen molar-refractivity contribution in [2.45, 2.75) is 25.0 Å². The fourth-order valence-corrected chi connectivity index (χ4v) is 3.56. The van der Waals surface area contributed by atoms with Crippen molar-refractivity contribution in [3.05, 3.63) is 47.5 Å². The van der Waals surface area contributed by atoms with Crippen molar-refractivity contribution < 1.29 is 9.84 Å². The van der Waals surface area contributed by atoms with Gasteiger partial charge in [0, 0.05) is 61.2 Å². The highest BCUT2D eigenvalue weighted by Crippen LogP contribution is 2.39. The zero-order chi connectivity index (χ0) is 17.5. The van der Waals surface area contributed by atoms with Gasteiger partial charge in [-0.3, -0.25) is 0 Å². The predicted molar refractivity (Wildman–Crippen MR) is 100 cm³/mol. The van der Waals surface area contributed by atoms with Crippen LogP contribution in [0.1, 0.15) is 35.8 Å². The molecule has 0 bridgehead atoms. The normalized spacial score (nSPS) is 22.4. The van der Waals surface area contributed by atoms with Crippen molar-refractivity contribution in [2.24, 2.45) is 0 Å². The molecule has 2 aliphatic heterocycles. The molecule has 0 amide bonds. The van der Waals surface area contributed by atoms with Gasteiger partial charge in [-0.05, 0) is 37.1 Å². The molecule has 1 aromatic heterocycles. The van der Waals surface area contributed by atoms with Crippen LogP contribution in [0.25, 0.3) is 11.6 Å². The number of benzene rings is 1. The maximum absolute atomic E-state index is 10.5. The second-order valence-electron chi connectivity index (χ2n) is 7.10. The van der Waals surface area contributed by atoms with Gasteiger partial charge in [-0.1, -0.05) is 0 Å². The summed E-state index contributed by atoms with van der Waals surface area (Å²) in [6, 6.07) is 8.04. The van der Waals surface area contributed by atoms with Gasteiger partial charge in [0.2, 0.25) is 6.29 Å². The van der Waals surface area contributed by atoms with Crippen molar-refractivity contribution >= 4 is 17.3 Å². The molecule has 6 nitrogen and oxygen atoms in total. The van der Waals surface area contributed by atoms with E-state index in [0.29, 0.717) is 17.2 Å². The van der Waals surface area contributed by atoms with Crippen LogP contribution >= 0.6 is 0 Å². The van der Waals surface area contributed by atoms with Crippen molar-refractivity contribution in [1.29, 1.82) is 0 Å². The molecule has 3 heterocycles. The van der Waals surface area contributed by atoms with E-state index in [4.69, 9.17) is 4.74 Å². The summed E-state index contributed by atoms with van der Waals surface area (Å²) in [5.41, 5.74) is 3.53. The summed E-state index contributed by atoms with van der Waals surface area (Å²) in [6.07, 6.45) is 5.04. The molecule has 0 radical (unpaired) electrons. The van der Waals surface area contributed by atoms with E-state index in [1.54, 1.807) is 6.20 Å². The summed E-state index contributed by atoms with van der Waals surface area (Å²) in [7, 11) is 0. The molecule has 26 heavy (non-hydrogen) atoms. The van der Waals surface area contributed by atoms with Gasteiger partial charge in [-0.15, -0.1) is 0 Å². The molecule has 1 saturated heterocycles. The van der Waals surface area contributed by atoms with E-state index in [9.17, 15) is 5.11 Å². The fraction of sp³-hybridized carbons (Fsp3) is 0.400. The van der Waals surface area contributed by atoms with Crippen LogP contribution in [0.4, 0.5) is 5.69 Å². The highest BCUT2D eigenvalue weighted by Gasteiger charge is 2.29. The Morgan fingerprint density at radius 2 is 2.00 bits per heavy atom. The number of ether oxygens (including phenoxy) is 1. The van der Waals surface area contributed by atoms with E-state index < -0.39 is 6.29 Å². The maximum atomic E-state index is 10.5. The van der Waals surface area contributed by atoms with Gasteiger partial charge in [-0.25, -0.2) is 9.97 Å². The van der Waals surface area contributed by atoms with Crippen LogP contribution in [0.3, 0.4) is 0 Å². The number of nitrogens with one attached hydrogen (secondary N) is 1. The van der Waals surface area contributed by atoms with Gasteiger partial charge in [0.25, 0.3) is 0 Å². The Bertz CT molecular complexity index is 857. The van der Waals surface area contributed by atoms with Gasteiger partial charge < -0.3 is 20.1 Å². The second-order valence-corrected chi connectivity index (χ2v) is 7.10. The third-order valence-corrected chi connectivity index (χ3v) is 5.21. The fourth-order valence-electron chi connectivity index (χ4n) is 3.56. The summed E-state index contributed by atoms with van der Waals surface area (Å²) >= 11 is 0. The lowest BCUT2D eigenvalue weighted by molar-refractivity contribution is 0.0317. The van der Waals surface area contributed by atoms with Crippen LogP contribution < -0.4 is 15.0 Å². The number of aromatic nitrogens is 2. The third-order valence-electron chi connectivity index (χ3n) is 5.21. The third kappa shape index (κ3) is 2.95. The topological polar surface area (TPSA) is 70.5 Å². The molecule has 2 N–H and O–H groups in total. The first-order valence-corrected chi connectivity index (χ1v) is 9.27. The highest BCUT2D eigenvalue weighted by molar-refractivity contribution is 5.86. The van der Waals surface area contributed by atoms with Crippen LogP contribution in [0, 0.1) is 0 Å². The summed E-state index contributed by atoms with van der Waals surface area (Å²) in [5.74, 6) is 2.07. The molecule has 1 saturated carbocycles. The Balaban J connectivity index is 1.46. The average Bonchev–Trinajstić information content (AvgIpc) is 3.53. The number of aliphatic hydroxyl groups excluding tert-OH is 1. The smallest absolute Gasteiger partial charge is 0.226 e. The van der Waals surface area contributed by atoms with Gasteiger partial charge in [0.05, 0.1) is 5.69 Å². The lowest BCUT2D eigenvalue weighted by atomic mass is 10.0. The summed E-state index contributed by atoms with van der Waals surface area (Å²) in [4.78, 5) is 11.3. The van der Waals surface area contributed by atoms with Crippen molar-refractivity contribution in [3.8, 4) is 5.75 Å². The van der Waals surface area contributed by atoms with E-state index in [1.807, 2.05) is 18.2 Å². The van der Waals surface area contributed by atoms with Crippen LogP contribution in [-0.4, -0.2) is 47.5 Å². The van der Waals surface area contributed by atoms with Crippen LogP contribution in [0.5, 0.6) is 5.75 Å². The van der Waals surface area contributed by atoms with Gasteiger partial charge in [0.1, 0.15) is 11.6 Å². The summed E-state index contributed by atoms with van der Waals surface area (Å²) in [6.45, 7) is 3.93. The van der Waals surface area contributed by atoms with E-state index in [1.165, 1.54) is 0 Å². The number of fused-ring (bicyclic) bond motifs is 1. The number of rotatable bonds is 3. The molecule has 3 aliphatic rings. The lowest BCUT2D eigenvalue weighted by Gasteiger charge is -2.31. The second kappa shape index (κ2) is 6.37. The molecule has 2 fully saturated rings. The standard InChI is InChI=1S/C20H22N4O2/c25-20-16(17-5-6-22-19(23-17)13-1-2-13)11-14-3-4-15(12-18(14)26-20)24-9-7-21-8-10-24/h3-6,11-13,20-21,25H,1-2,7-10H2. The number of aliphatic hydroxyl groups is 1. The largest absolute Gasteiger partial charge is 0.460 e. The Kier molecular flexibility index (Phi) is 3.87. The SMILES string of the molecule is OC1Oc2cc(N3CCNCC3)ccc2C=C1c1ccnc(C2CC2)n1. The minimum atomic E-state index is -1.01. The number of piperazine rings is 1. The van der Waals surface area contributed by atoms with E-state index in [2.05, 4.69) is 32.3 Å². The molecule has 5 rings (SSSR count). The molecule has 1 aromatic carbocycles. The Labute approximate surface area is 152 Å². The quantitative estimate of drug-likeness (QED) is 0.883. The molecule has 2 aromatic rings. The van der Waals surface area contributed by atoms with Crippen LogP contribution in [0.15, 0.2) is 30.5 Å². The number of nitrogens with zero attached hydrogens (tertiary/aromatic N) is 3. The van der Waals surface area contributed by atoms with Crippen LogP contribution in [-0.2, 0) is 0 Å². The molecule has 6 heteroatoms. The first-order chi connectivity index (χ1) is 12.8. The number of anilines is 1. The monoisotopic (exact) mass is 350 g/mol. The zero-order valence-corrected chi connectivity index (χ0v) is 14.6. The maximum Gasteiger partial charge on any atom is 0.226 e. The minimum Gasteiger partial charge on any atom is -0.460 e. The van der Waals surface area contributed by atoms with Crippen molar-refractivity contribution in [3.63, 3.8) is 0 Å². The summed E-state index contributed by atoms with van der Waals surface area (Å²) < 4.78 is 5.83. The lowest BCUT2D eigenvalue weighted by Crippen LogP contribution is -2.43. The van der Waals surface area contributed by atoms with Gasteiger partial charge in [0.15, 0.2) is 0 Å². The Morgan fingerprint density at radius 1 is 1.15 bits per heavy atom. The number of hydrogen-bond donors (Lipinski definition) is 2. The van der Waals surface area contributed by atoms with Gasteiger partial charge in [-0.2, -0.15) is 0 Å². The highest BCUT2D eigenvalue weighted by atomic mass is 16.6. The number of hydrogen-bond acceptors (Lipinski definition) is 6. The van der Waals surface area contributed by atoms with Crippen molar-refractivity contribution in [2.75, 3.05) is 31.1 Å². The Morgan fingerprint density at radius 3 is 2.81 bits per heavy atom. The molecular weight excluding hydrogens is 328 g/mol. The van der Waals surface area contributed by atoms with Crippen molar-refractivity contribution in [1.82, 2.24) is 15.3 Å². The zero-order valence-electron chi connectivity index (χ0n) is 14.6. The minimum absolute atomic E-state index is 0.478. The molecule has 1 atom stereocenters. The van der Waals surface area contributed by atoms with E-state index in [-0.39, 0.29) is 0 Å². The molecule has 1 unspecified atom stereocenters. The predicted octanol–water partition coefficient (Wildman–Crippen LogP) is 2.01. The molecule has 134 valence electrons. The molecule has 1 aliphatic carbocycles. The van der Waals surface area contributed by atoms with Gasteiger partial charge >= 0.3 is 0 Å². The summed E-state index contributed by atoms with van der Waals surface area (Å²) in [5, 5.41) is 13.9. The van der Waals surface area contributed by atoms with Crippen LogP contribution in [0.2, 0.25) is 0 Å². The molecular formula is C20H22N4O2. The average molecular weight is 350 g/mol. The first kappa shape index (κ1) is 15.8. The molecule has 0 spiro atoms. The van der Waals surface area contributed by atoms with E-state index in [0.717, 1.165) is 61.8 Å².